The minimum Gasteiger partial charge on any atom is -0.373 e. The van der Waals surface area contributed by atoms with Crippen LogP contribution in [0.2, 0.25) is 0 Å². The third kappa shape index (κ3) is 5.11. The van der Waals surface area contributed by atoms with Crippen molar-refractivity contribution in [3.8, 4) is 6.07 Å². The highest BCUT2D eigenvalue weighted by Crippen LogP contribution is 2.39. The lowest BCUT2D eigenvalue weighted by Gasteiger charge is -2.40. The van der Waals surface area contributed by atoms with Gasteiger partial charge in [-0.25, -0.2) is 9.97 Å². The van der Waals surface area contributed by atoms with Gasteiger partial charge in [0.2, 0.25) is 0 Å². The van der Waals surface area contributed by atoms with E-state index in [1.54, 1.807) is 6.07 Å². The Balaban J connectivity index is 1.16. The van der Waals surface area contributed by atoms with Gasteiger partial charge in [0, 0.05) is 47.9 Å². The number of hydrogen-bond donors (Lipinski definition) is 2. The number of hydrogen-bond acceptors (Lipinski definition) is 7. The Morgan fingerprint density at radius 2 is 2.03 bits per heavy atom. The number of piperidine rings is 1. The van der Waals surface area contributed by atoms with E-state index in [1.165, 1.54) is 6.33 Å². The van der Waals surface area contributed by atoms with Gasteiger partial charge in [-0.05, 0) is 43.7 Å². The van der Waals surface area contributed by atoms with Gasteiger partial charge in [0.15, 0.2) is 0 Å². The number of halogens is 4. The summed E-state index contributed by atoms with van der Waals surface area (Å²) in [4.78, 5) is 11.8. The third-order valence-electron chi connectivity index (χ3n) is 7.13. The molecule has 0 amide bonds. The Kier molecular flexibility index (Phi) is 6.62. The molecular weight excluding hydrogens is 485 g/mol. The second-order valence-electron chi connectivity index (χ2n) is 9.47. The lowest BCUT2D eigenvalue weighted by atomic mass is 9.78. The molecule has 5 rings (SSSR count). The Morgan fingerprint density at radius 3 is 2.76 bits per heavy atom. The zero-order valence-corrected chi connectivity index (χ0v) is 20.1. The first-order valence-electron chi connectivity index (χ1n) is 11.6. The SMILES string of the molecule is N#CC1=CC2C(CCC(CN3CCC(Nc4ncnc5sc(CC(F)(F)F)cc45)CC3)C2Cl)N1. The normalized spacial score (nSPS) is 28.3. The molecule has 2 aliphatic heterocycles. The zero-order chi connectivity index (χ0) is 23.9. The Bertz CT molecular complexity index is 1100. The number of nitrogens with zero attached hydrogens (tertiary/aromatic N) is 4. The lowest BCUT2D eigenvalue weighted by Crippen LogP contribution is -2.47. The Hall–Kier alpha value is -2.09. The van der Waals surface area contributed by atoms with E-state index in [-0.39, 0.29) is 28.3 Å². The van der Waals surface area contributed by atoms with Crippen molar-refractivity contribution in [3.05, 3.63) is 29.0 Å². The molecule has 0 radical (unpaired) electrons. The molecule has 182 valence electrons. The number of fused-ring (bicyclic) bond motifs is 2. The van der Waals surface area contributed by atoms with Crippen LogP contribution in [0.15, 0.2) is 24.2 Å². The summed E-state index contributed by atoms with van der Waals surface area (Å²) in [5, 5.41) is 16.6. The summed E-state index contributed by atoms with van der Waals surface area (Å²) >= 11 is 7.91. The lowest BCUT2D eigenvalue weighted by molar-refractivity contribution is -0.126. The molecule has 4 unspecified atom stereocenters. The van der Waals surface area contributed by atoms with E-state index in [4.69, 9.17) is 11.6 Å². The molecule has 34 heavy (non-hydrogen) atoms. The molecule has 4 heterocycles. The molecule has 2 N–H and O–H groups in total. The first kappa shape index (κ1) is 23.6. The van der Waals surface area contributed by atoms with Crippen molar-refractivity contribution in [2.45, 2.75) is 55.7 Å². The third-order valence-corrected chi connectivity index (χ3v) is 8.82. The van der Waals surface area contributed by atoms with Gasteiger partial charge in [-0.1, -0.05) is 0 Å². The van der Waals surface area contributed by atoms with Crippen LogP contribution in [0.5, 0.6) is 0 Å². The molecule has 11 heteroatoms. The van der Waals surface area contributed by atoms with Gasteiger partial charge in [-0.2, -0.15) is 18.4 Å². The molecule has 0 spiro atoms. The highest BCUT2D eigenvalue weighted by molar-refractivity contribution is 7.18. The summed E-state index contributed by atoms with van der Waals surface area (Å²) in [6.45, 7) is 2.81. The van der Waals surface area contributed by atoms with E-state index in [0.29, 0.717) is 27.6 Å². The number of thiophene rings is 1. The van der Waals surface area contributed by atoms with Crippen LogP contribution in [0.1, 0.15) is 30.6 Å². The predicted molar refractivity (Wildman–Crippen MR) is 127 cm³/mol. The molecular formula is C23H26ClF3N6S. The average Bonchev–Trinajstić information content (AvgIpc) is 3.40. The van der Waals surface area contributed by atoms with Crippen LogP contribution in [-0.4, -0.2) is 58.1 Å². The number of likely N-dealkylation sites (tertiary alicyclic amines) is 1. The maximum absolute atomic E-state index is 12.8. The molecule has 0 bridgehead atoms. The van der Waals surface area contributed by atoms with Gasteiger partial charge in [-0.3, -0.25) is 0 Å². The van der Waals surface area contributed by atoms with E-state index in [1.807, 2.05) is 6.08 Å². The van der Waals surface area contributed by atoms with E-state index < -0.39 is 12.6 Å². The monoisotopic (exact) mass is 510 g/mol. The van der Waals surface area contributed by atoms with Crippen molar-refractivity contribution < 1.29 is 13.2 Å². The Labute approximate surface area is 205 Å². The van der Waals surface area contributed by atoms with Crippen molar-refractivity contribution >= 4 is 39.0 Å². The number of aromatic nitrogens is 2. The summed E-state index contributed by atoms with van der Waals surface area (Å²) in [5.74, 6) is 1.21. The van der Waals surface area contributed by atoms with Crippen LogP contribution in [0.25, 0.3) is 10.2 Å². The highest BCUT2D eigenvalue weighted by atomic mass is 35.5. The first-order chi connectivity index (χ1) is 16.3. The average molecular weight is 511 g/mol. The number of nitrogens with one attached hydrogen (secondary N) is 2. The van der Waals surface area contributed by atoms with Crippen LogP contribution in [-0.2, 0) is 6.42 Å². The molecule has 1 aliphatic carbocycles. The second-order valence-corrected chi connectivity index (χ2v) is 11.1. The zero-order valence-electron chi connectivity index (χ0n) is 18.5. The minimum atomic E-state index is -4.24. The van der Waals surface area contributed by atoms with Gasteiger partial charge in [0.05, 0.1) is 11.8 Å². The number of alkyl halides is 4. The fourth-order valence-corrected chi connectivity index (χ4v) is 6.93. The van der Waals surface area contributed by atoms with Crippen molar-refractivity contribution in [3.63, 3.8) is 0 Å². The van der Waals surface area contributed by atoms with E-state index in [9.17, 15) is 18.4 Å². The van der Waals surface area contributed by atoms with E-state index in [0.717, 1.165) is 56.7 Å². The largest absolute Gasteiger partial charge is 0.393 e. The molecule has 6 nitrogen and oxygen atoms in total. The standard InChI is InChI=1S/C23H26ClF3N6S/c24-20-13(1-2-19-17(20)7-15(10-28)31-19)11-33-5-3-14(4-6-33)32-21-18-8-16(9-23(25,26)27)34-22(18)30-12-29-21/h7-8,12-14,17,19-20,31H,1-6,9,11H2,(H,29,30,32). The number of nitriles is 1. The molecule has 2 aromatic rings. The molecule has 1 saturated heterocycles. The van der Waals surface area contributed by atoms with E-state index in [2.05, 4.69) is 31.6 Å². The van der Waals surface area contributed by atoms with Crippen LogP contribution in [0.4, 0.5) is 19.0 Å². The topological polar surface area (TPSA) is 76.9 Å². The smallest absolute Gasteiger partial charge is 0.373 e. The quantitative estimate of drug-likeness (QED) is 0.568. The Morgan fingerprint density at radius 1 is 1.24 bits per heavy atom. The minimum absolute atomic E-state index is 0.0201. The number of rotatable bonds is 5. The fraction of sp³-hybridized carbons (Fsp3) is 0.609. The second kappa shape index (κ2) is 9.51. The molecule has 4 atom stereocenters. The van der Waals surface area contributed by atoms with Crippen molar-refractivity contribution in [1.82, 2.24) is 20.2 Å². The molecule has 1 saturated carbocycles. The van der Waals surface area contributed by atoms with Gasteiger partial charge in [0.1, 0.15) is 28.7 Å². The van der Waals surface area contributed by atoms with Crippen LogP contribution < -0.4 is 10.6 Å². The predicted octanol–water partition coefficient (Wildman–Crippen LogP) is 4.69. The maximum atomic E-state index is 12.8. The van der Waals surface area contributed by atoms with Crippen molar-refractivity contribution in [1.29, 1.82) is 5.26 Å². The van der Waals surface area contributed by atoms with Crippen LogP contribution in [0, 0.1) is 23.2 Å². The summed E-state index contributed by atoms with van der Waals surface area (Å²) in [6, 6.07) is 4.25. The number of anilines is 1. The molecule has 3 aliphatic rings. The summed E-state index contributed by atoms with van der Waals surface area (Å²) in [7, 11) is 0. The summed E-state index contributed by atoms with van der Waals surface area (Å²) < 4.78 is 38.4. The van der Waals surface area contributed by atoms with Crippen molar-refractivity contribution in [2.24, 2.45) is 11.8 Å². The van der Waals surface area contributed by atoms with E-state index >= 15 is 0 Å². The molecule has 2 aromatic heterocycles. The van der Waals surface area contributed by atoms with Gasteiger partial charge in [0.25, 0.3) is 0 Å². The summed E-state index contributed by atoms with van der Waals surface area (Å²) in [6.07, 6.45) is 2.15. The summed E-state index contributed by atoms with van der Waals surface area (Å²) in [5.41, 5.74) is 0.642. The molecule has 0 aromatic carbocycles. The van der Waals surface area contributed by atoms with Gasteiger partial charge >= 0.3 is 6.18 Å². The van der Waals surface area contributed by atoms with Gasteiger partial charge in [-0.15, -0.1) is 22.9 Å². The van der Waals surface area contributed by atoms with Crippen molar-refractivity contribution in [2.75, 3.05) is 25.0 Å². The van der Waals surface area contributed by atoms with Crippen LogP contribution >= 0.6 is 22.9 Å². The number of allylic oxidation sites excluding steroid dienone is 1. The first-order valence-corrected chi connectivity index (χ1v) is 12.9. The fourth-order valence-electron chi connectivity index (χ4n) is 5.45. The molecule has 2 fully saturated rings. The van der Waals surface area contributed by atoms with Crippen LogP contribution in [0.3, 0.4) is 0 Å². The maximum Gasteiger partial charge on any atom is 0.393 e. The highest BCUT2D eigenvalue weighted by Gasteiger charge is 2.41. The van der Waals surface area contributed by atoms with Gasteiger partial charge < -0.3 is 15.5 Å².